The van der Waals surface area contributed by atoms with E-state index in [4.69, 9.17) is 9.15 Å². The lowest BCUT2D eigenvalue weighted by Crippen LogP contribution is -2.09. The number of rotatable bonds is 6. The molecule has 4 aromatic rings. The first-order valence-corrected chi connectivity index (χ1v) is 9.57. The number of oxazole rings is 1. The molecule has 0 bridgehead atoms. The molecule has 1 aromatic carbocycles. The van der Waals surface area contributed by atoms with Gasteiger partial charge >= 0.3 is 0 Å². The van der Waals surface area contributed by atoms with Gasteiger partial charge in [-0.25, -0.2) is 9.97 Å². The molecule has 0 radical (unpaired) electrons. The van der Waals surface area contributed by atoms with Crippen LogP contribution >= 0.6 is 22.7 Å². The van der Waals surface area contributed by atoms with Gasteiger partial charge in [-0.15, -0.1) is 11.3 Å². The minimum Gasteiger partial charge on any atom is -0.441 e. The van der Waals surface area contributed by atoms with Crippen LogP contribution in [0.2, 0.25) is 0 Å². The van der Waals surface area contributed by atoms with E-state index in [0.717, 1.165) is 20.2 Å². The average Bonchev–Trinajstić information content (AvgIpc) is 3.26. The van der Waals surface area contributed by atoms with Gasteiger partial charge in [0.25, 0.3) is 5.91 Å². The van der Waals surface area contributed by atoms with Crippen LogP contribution in [0.15, 0.2) is 28.7 Å². The van der Waals surface area contributed by atoms with Gasteiger partial charge in [-0.2, -0.15) is 0 Å². The fourth-order valence-electron chi connectivity index (χ4n) is 2.50. The van der Waals surface area contributed by atoms with Crippen molar-refractivity contribution in [2.45, 2.75) is 6.92 Å². The third-order valence-corrected chi connectivity index (χ3v) is 5.76. The number of aromatic nitrogens is 2. The maximum Gasteiger partial charge on any atom is 0.265 e. The second-order valence-electron chi connectivity index (χ2n) is 5.59. The van der Waals surface area contributed by atoms with Crippen molar-refractivity contribution >= 4 is 60.0 Å². The topological polar surface area (TPSA) is 89.3 Å². The van der Waals surface area contributed by atoms with E-state index < -0.39 is 0 Å². The van der Waals surface area contributed by atoms with E-state index in [1.165, 1.54) is 22.7 Å². The van der Waals surface area contributed by atoms with Crippen LogP contribution in [0.25, 0.3) is 20.6 Å². The van der Waals surface area contributed by atoms with E-state index in [0.29, 0.717) is 35.2 Å². The first kappa shape index (κ1) is 17.0. The van der Waals surface area contributed by atoms with Gasteiger partial charge in [-0.05, 0) is 24.3 Å². The SMILES string of the molecule is COCCNc1nc2sc(C(=O)Nc3ccc4oc(C)nc4c3)cc2s1. The number of ether oxygens (including phenoxy) is 1. The molecular weight excluding hydrogens is 372 g/mol. The number of nitrogens with one attached hydrogen (secondary N) is 2. The van der Waals surface area contributed by atoms with E-state index in [-0.39, 0.29) is 5.91 Å². The molecule has 0 fully saturated rings. The van der Waals surface area contributed by atoms with Gasteiger partial charge in [-0.3, -0.25) is 4.79 Å². The predicted octanol–water partition coefficient (Wildman–Crippen LogP) is 4.12. The maximum absolute atomic E-state index is 12.5. The van der Waals surface area contributed by atoms with Gasteiger partial charge in [0.1, 0.15) is 10.3 Å². The number of amides is 1. The van der Waals surface area contributed by atoms with Crippen LogP contribution in [0.3, 0.4) is 0 Å². The molecule has 0 spiro atoms. The average molecular weight is 388 g/mol. The summed E-state index contributed by atoms with van der Waals surface area (Å²) in [5, 5.41) is 6.94. The second-order valence-corrected chi connectivity index (χ2v) is 7.65. The summed E-state index contributed by atoms with van der Waals surface area (Å²) in [6, 6.07) is 7.28. The molecule has 4 rings (SSSR count). The number of hydrogen-bond donors (Lipinski definition) is 2. The van der Waals surface area contributed by atoms with Gasteiger partial charge < -0.3 is 19.8 Å². The van der Waals surface area contributed by atoms with Crippen LogP contribution in [-0.2, 0) is 4.74 Å². The molecule has 0 saturated carbocycles. The highest BCUT2D eigenvalue weighted by molar-refractivity contribution is 7.29. The Morgan fingerprint density at radius 1 is 1.27 bits per heavy atom. The normalized spacial score (nSPS) is 11.3. The number of methoxy groups -OCH3 is 1. The summed E-state index contributed by atoms with van der Waals surface area (Å²) >= 11 is 2.90. The first-order valence-electron chi connectivity index (χ1n) is 7.94. The number of aryl methyl sites for hydroxylation is 1. The highest BCUT2D eigenvalue weighted by atomic mass is 32.1. The van der Waals surface area contributed by atoms with E-state index in [1.807, 2.05) is 6.07 Å². The molecule has 0 unspecified atom stereocenters. The Hall–Kier alpha value is -2.49. The molecule has 9 heteroatoms. The summed E-state index contributed by atoms with van der Waals surface area (Å²) in [7, 11) is 1.66. The summed E-state index contributed by atoms with van der Waals surface area (Å²) in [5.41, 5.74) is 2.11. The molecule has 3 aromatic heterocycles. The van der Waals surface area contributed by atoms with Crippen molar-refractivity contribution in [3.63, 3.8) is 0 Å². The number of hydrogen-bond acceptors (Lipinski definition) is 8. The van der Waals surface area contributed by atoms with Crippen LogP contribution in [0.1, 0.15) is 15.6 Å². The maximum atomic E-state index is 12.5. The van der Waals surface area contributed by atoms with Gasteiger partial charge in [0.05, 0.1) is 16.2 Å². The molecule has 7 nitrogen and oxygen atoms in total. The third-order valence-electron chi connectivity index (χ3n) is 3.65. The summed E-state index contributed by atoms with van der Waals surface area (Å²) in [6.45, 7) is 3.12. The van der Waals surface area contributed by atoms with Crippen molar-refractivity contribution in [2.75, 3.05) is 30.9 Å². The Bertz CT molecular complexity index is 1050. The minimum atomic E-state index is -0.159. The smallest absolute Gasteiger partial charge is 0.265 e. The third kappa shape index (κ3) is 3.41. The molecule has 26 heavy (non-hydrogen) atoms. The van der Waals surface area contributed by atoms with Crippen molar-refractivity contribution in [1.29, 1.82) is 0 Å². The molecule has 0 saturated heterocycles. The summed E-state index contributed by atoms with van der Waals surface area (Å²) in [6.07, 6.45) is 0. The molecule has 0 aliphatic heterocycles. The zero-order valence-corrected chi connectivity index (χ0v) is 15.8. The Morgan fingerprint density at radius 2 is 2.15 bits per heavy atom. The monoisotopic (exact) mass is 388 g/mol. The molecule has 0 aliphatic carbocycles. The van der Waals surface area contributed by atoms with Gasteiger partial charge in [0, 0.05) is 26.3 Å². The largest absolute Gasteiger partial charge is 0.441 e. The molecule has 2 N–H and O–H groups in total. The van der Waals surface area contributed by atoms with Gasteiger partial charge in [0.15, 0.2) is 16.6 Å². The summed E-state index contributed by atoms with van der Waals surface area (Å²) in [4.78, 5) is 22.8. The van der Waals surface area contributed by atoms with Crippen LogP contribution < -0.4 is 10.6 Å². The van der Waals surface area contributed by atoms with Crippen molar-refractivity contribution in [3.8, 4) is 0 Å². The fraction of sp³-hybridized carbons (Fsp3) is 0.235. The molecule has 3 heterocycles. The fourth-order valence-corrected chi connectivity index (χ4v) is 4.53. The predicted molar refractivity (Wildman–Crippen MR) is 105 cm³/mol. The van der Waals surface area contributed by atoms with Crippen LogP contribution in [0.5, 0.6) is 0 Å². The number of thiophene rings is 1. The Morgan fingerprint density at radius 3 is 2.96 bits per heavy atom. The zero-order valence-electron chi connectivity index (χ0n) is 14.2. The summed E-state index contributed by atoms with van der Waals surface area (Å²) < 4.78 is 11.4. The Labute approximate surface area is 157 Å². The molecule has 134 valence electrons. The first-order chi connectivity index (χ1) is 12.6. The van der Waals surface area contributed by atoms with Gasteiger partial charge in [-0.1, -0.05) is 11.3 Å². The van der Waals surface area contributed by atoms with E-state index >= 15 is 0 Å². The van der Waals surface area contributed by atoms with Crippen LogP contribution in [-0.4, -0.2) is 36.1 Å². The van der Waals surface area contributed by atoms with Crippen LogP contribution in [0.4, 0.5) is 10.8 Å². The lowest BCUT2D eigenvalue weighted by Gasteiger charge is -2.02. The Kier molecular flexibility index (Phi) is 4.58. The number of anilines is 2. The zero-order chi connectivity index (χ0) is 18.1. The number of fused-ring (bicyclic) bond motifs is 2. The molecule has 0 aliphatic rings. The highest BCUT2D eigenvalue weighted by Gasteiger charge is 2.15. The highest BCUT2D eigenvalue weighted by Crippen LogP contribution is 2.33. The van der Waals surface area contributed by atoms with E-state index in [1.54, 1.807) is 32.2 Å². The Balaban J connectivity index is 1.48. The number of carbonyl (C=O) groups is 1. The second kappa shape index (κ2) is 7.02. The standard InChI is InChI=1S/C17H16N4O3S2/c1-9-19-11-7-10(3-4-12(11)24-9)20-15(22)13-8-14-16(25-13)21-17(26-14)18-5-6-23-2/h3-4,7-8H,5-6H2,1-2H3,(H,18,21)(H,20,22). The molecule has 0 atom stereocenters. The van der Waals surface area contributed by atoms with Crippen LogP contribution in [0, 0.1) is 6.92 Å². The van der Waals surface area contributed by atoms with Crippen molar-refractivity contribution < 1.29 is 13.9 Å². The van der Waals surface area contributed by atoms with Crippen molar-refractivity contribution in [3.05, 3.63) is 35.0 Å². The molecular formula is C17H16N4O3S2. The molecule has 1 amide bonds. The van der Waals surface area contributed by atoms with E-state index in [9.17, 15) is 4.79 Å². The number of thiazole rings is 1. The van der Waals surface area contributed by atoms with Crippen molar-refractivity contribution in [1.82, 2.24) is 9.97 Å². The summed E-state index contributed by atoms with van der Waals surface area (Å²) in [5.74, 6) is 0.441. The van der Waals surface area contributed by atoms with E-state index in [2.05, 4.69) is 20.6 Å². The minimum absolute atomic E-state index is 0.159. The quantitative estimate of drug-likeness (QED) is 0.483. The number of carbonyl (C=O) groups excluding carboxylic acids is 1. The lowest BCUT2D eigenvalue weighted by molar-refractivity contribution is 0.103. The number of nitrogens with zero attached hydrogens (tertiary/aromatic N) is 2. The van der Waals surface area contributed by atoms with Crippen molar-refractivity contribution in [2.24, 2.45) is 0 Å². The lowest BCUT2D eigenvalue weighted by atomic mass is 10.3. The van der Waals surface area contributed by atoms with Gasteiger partial charge in [0.2, 0.25) is 0 Å². The number of benzene rings is 1.